The highest BCUT2D eigenvalue weighted by Crippen LogP contribution is 2.25. The lowest BCUT2D eigenvalue weighted by Gasteiger charge is -2.38. The summed E-state index contributed by atoms with van der Waals surface area (Å²) < 4.78 is 11.3. The molecule has 0 spiro atoms. The van der Waals surface area contributed by atoms with Crippen molar-refractivity contribution in [3.8, 4) is 5.75 Å². The molecule has 6 nitrogen and oxygen atoms in total. The van der Waals surface area contributed by atoms with Crippen LogP contribution in [0.15, 0.2) is 24.3 Å². The van der Waals surface area contributed by atoms with E-state index in [0.29, 0.717) is 31.9 Å². The lowest BCUT2D eigenvalue weighted by Crippen LogP contribution is -2.51. The van der Waals surface area contributed by atoms with Crippen molar-refractivity contribution in [3.05, 3.63) is 24.3 Å². The minimum atomic E-state index is -0.316. The predicted octanol–water partition coefficient (Wildman–Crippen LogP) is 1.83. The van der Waals surface area contributed by atoms with Crippen molar-refractivity contribution in [2.75, 3.05) is 37.7 Å². The first kappa shape index (κ1) is 16.8. The molecule has 6 heteroatoms. The molecule has 0 aliphatic carbocycles. The van der Waals surface area contributed by atoms with Gasteiger partial charge in [-0.15, -0.1) is 0 Å². The van der Waals surface area contributed by atoms with Crippen LogP contribution in [0.25, 0.3) is 0 Å². The molecule has 2 fully saturated rings. The first-order valence-corrected chi connectivity index (χ1v) is 8.40. The number of ether oxygens (including phenoxy) is 2. The summed E-state index contributed by atoms with van der Waals surface area (Å²) in [5.41, 5.74) is 0.513. The number of hydrogen-bond donors (Lipinski definition) is 0. The summed E-state index contributed by atoms with van der Waals surface area (Å²) in [4.78, 5) is 27.7. The molecule has 2 aliphatic heterocycles. The van der Waals surface area contributed by atoms with Crippen molar-refractivity contribution in [1.82, 2.24) is 4.90 Å². The number of anilines is 1. The molecule has 24 heavy (non-hydrogen) atoms. The van der Waals surface area contributed by atoms with Gasteiger partial charge in [-0.2, -0.15) is 0 Å². The van der Waals surface area contributed by atoms with E-state index >= 15 is 0 Å². The Labute approximate surface area is 142 Å². The fraction of sp³-hybridized carbons (Fsp3) is 0.556. The molecule has 130 valence electrons. The average Bonchev–Trinajstić information content (AvgIpc) is 2.98. The van der Waals surface area contributed by atoms with E-state index in [9.17, 15) is 9.59 Å². The van der Waals surface area contributed by atoms with Crippen molar-refractivity contribution < 1.29 is 19.1 Å². The molecule has 2 amide bonds. The van der Waals surface area contributed by atoms with Crippen molar-refractivity contribution in [2.24, 2.45) is 0 Å². The molecular weight excluding hydrogens is 308 g/mol. The number of carbonyl (C=O) groups excluding carboxylic acids is 2. The van der Waals surface area contributed by atoms with Crippen molar-refractivity contribution in [2.45, 2.75) is 32.3 Å². The second-order valence-electron chi connectivity index (χ2n) is 6.86. The van der Waals surface area contributed by atoms with Gasteiger partial charge in [-0.3, -0.25) is 9.59 Å². The Balaban J connectivity index is 1.58. The first-order valence-electron chi connectivity index (χ1n) is 8.40. The Kier molecular flexibility index (Phi) is 4.76. The van der Waals surface area contributed by atoms with Gasteiger partial charge in [0.05, 0.1) is 12.2 Å². The number of nitrogens with zero attached hydrogens (tertiary/aromatic N) is 2. The SMILES string of the molecule is CC1(C)CN(C(=O)COc2cccc(N3CCCC3=O)c2)CCO1. The second kappa shape index (κ2) is 6.81. The van der Waals surface area contributed by atoms with Crippen LogP contribution in [0.4, 0.5) is 5.69 Å². The third-order valence-corrected chi connectivity index (χ3v) is 4.34. The Hall–Kier alpha value is -2.08. The third kappa shape index (κ3) is 3.87. The van der Waals surface area contributed by atoms with E-state index in [4.69, 9.17) is 9.47 Å². The number of hydrogen-bond acceptors (Lipinski definition) is 4. The highest BCUT2D eigenvalue weighted by atomic mass is 16.5. The minimum Gasteiger partial charge on any atom is -0.484 e. The first-order chi connectivity index (χ1) is 11.4. The van der Waals surface area contributed by atoms with Gasteiger partial charge >= 0.3 is 0 Å². The smallest absolute Gasteiger partial charge is 0.260 e. The van der Waals surface area contributed by atoms with Gasteiger partial charge in [-0.1, -0.05) is 6.07 Å². The highest BCUT2D eigenvalue weighted by molar-refractivity contribution is 5.95. The van der Waals surface area contributed by atoms with Crippen LogP contribution in [0, 0.1) is 0 Å². The van der Waals surface area contributed by atoms with E-state index < -0.39 is 0 Å². The van der Waals surface area contributed by atoms with Crippen LogP contribution >= 0.6 is 0 Å². The van der Waals surface area contributed by atoms with Gasteiger partial charge in [0.1, 0.15) is 5.75 Å². The number of rotatable bonds is 4. The maximum Gasteiger partial charge on any atom is 0.260 e. The van der Waals surface area contributed by atoms with E-state index in [1.807, 2.05) is 32.0 Å². The van der Waals surface area contributed by atoms with E-state index in [2.05, 4.69) is 0 Å². The molecule has 0 N–H and O–H groups in total. The van der Waals surface area contributed by atoms with Gasteiger partial charge in [-0.05, 0) is 32.4 Å². The summed E-state index contributed by atoms with van der Waals surface area (Å²) in [5, 5.41) is 0. The van der Waals surface area contributed by atoms with Gasteiger partial charge < -0.3 is 19.3 Å². The monoisotopic (exact) mass is 332 g/mol. The number of amides is 2. The number of morpholine rings is 1. The largest absolute Gasteiger partial charge is 0.484 e. The third-order valence-electron chi connectivity index (χ3n) is 4.34. The van der Waals surface area contributed by atoms with Crippen molar-refractivity contribution >= 4 is 17.5 Å². The standard InChI is InChI=1S/C18H24N2O4/c1-18(2)13-19(9-10-24-18)17(22)12-23-15-6-3-5-14(11-15)20-8-4-7-16(20)21/h3,5-6,11H,4,7-10,12-13H2,1-2H3. The summed E-state index contributed by atoms with van der Waals surface area (Å²) in [7, 11) is 0. The van der Waals surface area contributed by atoms with Crippen molar-refractivity contribution in [1.29, 1.82) is 0 Å². The van der Waals surface area contributed by atoms with E-state index in [0.717, 1.165) is 18.7 Å². The van der Waals surface area contributed by atoms with Crippen molar-refractivity contribution in [3.63, 3.8) is 0 Å². The lowest BCUT2D eigenvalue weighted by molar-refractivity contribution is -0.147. The molecule has 1 aromatic rings. The van der Waals surface area contributed by atoms with Crippen LogP contribution in [0.3, 0.4) is 0 Å². The molecule has 0 aromatic heterocycles. The summed E-state index contributed by atoms with van der Waals surface area (Å²) >= 11 is 0. The molecule has 0 bridgehead atoms. The molecule has 0 unspecified atom stereocenters. The molecule has 2 saturated heterocycles. The molecule has 1 aromatic carbocycles. The van der Waals surface area contributed by atoms with Gasteiger partial charge in [-0.25, -0.2) is 0 Å². The zero-order valence-electron chi connectivity index (χ0n) is 14.3. The second-order valence-corrected chi connectivity index (χ2v) is 6.86. The normalized spacial score (nSPS) is 20.3. The quantitative estimate of drug-likeness (QED) is 0.844. The van der Waals surface area contributed by atoms with E-state index in [-0.39, 0.29) is 24.0 Å². The zero-order chi connectivity index (χ0) is 17.2. The van der Waals surface area contributed by atoms with Crippen LogP contribution in [0.2, 0.25) is 0 Å². The Morgan fingerprint density at radius 1 is 1.33 bits per heavy atom. The van der Waals surface area contributed by atoms with Crippen LogP contribution in [-0.4, -0.2) is 55.2 Å². The number of benzene rings is 1. The summed E-state index contributed by atoms with van der Waals surface area (Å²) in [6, 6.07) is 7.36. The molecule has 0 atom stereocenters. The van der Waals surface area contributed by atoms with E-state index in [1.165, 1.54) is 0 Å². The van der Waals surface area contributed by atoms with E-state index in [1.54, 1.807) is 15.9 Å². The molecular formula is C18H24N2O4. The van der Waals surface area contributed by atoms with Crippen LogP contribution < -0.4 is 9.64 Å². The summed E-state index contributed by atoms with van der Waals surface area (Å²) in [6.45, 7) is 6.39. The Bertz CT molecular complexity index is 629. The topological polar surface area (TPSA) is 59.1 Å². The minimum absolute atomic E-state index is 0.00647. The van der Waals surface area contributed by atoms with Gasteiger partial charge in [0.15, 0.2) is 6.61 Å². The fourth-order valence-electron chi connectivity index (χ4n) is 3.13. The lowest BCUT2D eigenvalue weighted by atomic mass is 10.1. The van der Waals surface area contributed by atoms with Crippen LogP contribution in [0.5, 0.6) is 5.75 Å². The Morgan fingerprint density at radius 3 is 2.88 bits per heavy atom. The maximum absolute atomic E-state index is 12.3. The molecule has 0 radical (unpaired) electrons. The zero-order valence-corrected chi connectivity index (χ0v) is 14.3. The van der Waals surface area contributed by atoms with Gasteiger partial charge in [0.25, 0.3) is 5.91 Å². The maximum atomic E-state index is 12.3. The molecule has 3 rings (SSSR count). The van der Waals surface area contributed by atoms with Crippen LogP contribution in [-0.2, 0) is 14.3 Å². The molecule has 0 saturated carbocycles. The molecule has 2 aliphatic rings. The highest BCUT2D eigenvalue weighted by Gasteiger charge is 2.30. The summed E-state index contributed by atoms with van der Waals surface area (Å²) in [6.07, 6.45) is 1.48. The van der Waals surface area contributed by atoms with Gasteiger partial charge in [0, 0.05) is 37.8 Å². The Morgan fingerprint density at radius 2 is 2.17 bits per heavy atom. The van der Waals surface area contributed by atoms with Crippen LogP contribution in [0.1, 0.15) is 26.7 Å². The number of carbonyl (C=O) groups is 2. The fourth-order valence-corrected chi connectivity index (χ4v) is 3.13. The summed E-state index contributed by atoms with van der Waals surface area (Å²) in [5.74, 6) is 0.695. The predicted molar refractivity (Wildman–Crippen MR) is 90.1 cm³/mol. The average molecular weight is 332 g/mol. The molecule has 2 heterocycles. The van der Waals surface area contributed by atoms with Gasteiger partial charge in [0.2, 0.25) is 5.91 Å².